The SMILES string of the molecule is CC(C(N)=O)N(CC1CCNCC1)C1CC1. The van der Waals surface area contributed by atoms with Crippen molar-refractivity contribution < 1.29 is 4.79 Å². The lowest BCUT2D eigenvalue weighted by atomic mass is 9.97. The van der Waals surface area contributed by atoms with Crippen molar-refractivity contribution in [1.82, 2.24) is 10.2 Å². The molecule has 0 bridgehead atoms. The third-order valence-electron chi connectivity index (χ3n) is 3.85. The average molecular weight is 225 g/mol. The molecule has 0 aromatic heterocycles. The van der Waals surface area contributed by atoms with Gasteiger partial charge in [-0.1, -0.05) is 0 Å². The summed E-state index contributed by atoms with van der Waals surface area (Å²) in [5, 5.41) is 3.37. The zero-order valence-corrected chi connectivity index (χ0v) is 10.1. The highest BCUT2D eigenvalue weighted by atomic mass is 16.1. The van der Waals surface area contributed by atoms with Gasteiger partial charge in [0.15, 0.2) is 0 Å². The Balaban J connectivity index is 1.88. The molecule has 1 saturated heterocycles. The predicted molar refractivity (Wildman–Crippen MR) is 64.0 cm³/mol. The van der Waals surface area contributed by atoms with Crippen LogP contribution in [0, 0.1) is 5.92 Å². The second-order valence-electron chi connectivity index (χ2n) is 5.20. The maximum Gasteiger partial charge on any atom is 0.234 e. The number of carbonyl (C=O) groups excluding carboxylic acids is 1. The topological polar surface area (TPSA) is 58.4 Å². The molecule has 0 spiro atoms. The van der Waals surface area contributed by atoms with Crippen LogP contribution in [0.1, 0.15) is 32.6 Å². The Kier molecular flexibility index (Phi) is 3.82. The van der Waals surface area contributed by atoms with E-state index in [0.717, 1.165) is 25.6 Å². The Labute approximate surface area is 97.6 Å². The summed E-state index contributed by atoms with van der Waals surface area (Å²) in [7, 11) is 0. The van der Waals surface area contributed by atoms with Gasteiger partial charge in [-0.2, -0.15) is 0 Å². The van der Waals surface area contributed by atoms with E-state index < -0.39 is 0 Å². The molecule has 0 radical (unpaired) electrons. The zero-order valence-electron chi connectivity index (χ0n) is 10.1. The molecule has 1 saturated carbocycles. The summed E-state index contributed by atoms with van der Waals surface area (Å²) in [6.07, 6.45) is 4.94. The fourth-order valence-electron chi connectivity index (χ4n) is 2.56. The summed E-state index contributed by atoms with van der Waals surface area (Å²) < 4.78 is 0. The van der Waals surface area contributed by atoms with Gasteiger partial charge in [-0.25, -0.2) is 0 Å². The summed E-state index contributed by atoms with van der Waals surface area (Å²) in [6, 6.07) is 0.528. The Hall–Kier alpha value is -0.610. The molecule has 2 aliphatic rings. The van der Waals surface area contributed by atoms with Crippen LogP contribution in [0.25, 0.3) is 0 Å². The van der Waals surface area contributed by atoms with Gasteiger partial charge in [0.05, 0.1) is 6.04 Å². The second kappa shape index (κ2) is 5.15. The number of nitrogens with zero attached hydrogens (tertiary/aromatic N) is 1. The van der Waals surface area contributed by atoms with Crippen LogP contribution in [-0.2, 0) is 4.79 Å². The highest BCUT2D eigenvalue weighted by Crippen LogP contribution is 2.30. The maximum atomic E-state index is 11.3. The normalized spacial score (nSPS) is 24.6. The van der Waals surface area contributed by atoms with Crippen molar-refractivity contribution in [2.75, 3.05) is 19.6 Å². The van der Waals surface area contributed by atoms with Gasteiger partial charge in [0.2, 0.25) is 5.91 Å². The molecule has 2 rings (SSSR count). The first-order valence-electron chi connectivity index (χ1n) is 6.44. The largest absolute Gasteiger partial charge is 0.368 e. The van der Waals surface area contributed by atoms with Gasteiger partial charge in [0.1, 0.15) is 0 Å². The van der Waals surface area contributed by atoms with Gasteiger partial charge in [0.25, 0.3) is 0 Å². The zero-order chi connectivity index (χ0) is 11.5. The molecule has 1 atom stereocenters. The van der Waals surface area contributed by atoms with Crippen molar-refractivity contribution in [2.45, 2.75) is 44.7 Å². The Morgan fingerprint density at radius 1 is 1.38 bits per heavy atom. The third-order valence-corrected chi connectivity index (χ3v) is 3.85. The molecule has 3 N–H and O–H groups in total. The first-order valence-corrected chi connectivity index (χ1v) is 6.44. The van der Waals surface area contributed by atoms with Gasteiger partial charge < -0.3 is 11.1 Å². The molecule has 1 aliphatic heterocycles. The number of amides is 1. The summed E-state index contributed by atoms with van der Waals surface area (Å²) in [4.78, 5) is 13.6. The Morgan fingerprint density at radius 3 is 2.50 bits per heavy atom. The van der Waals surface area contributed by atoms with Gasteiger partial charge >= 0.3 is 0 Å². The van der Waals surface area contributed by atoms with Crippen molar-refractivity contribution in [1.29, 1.82) is 0 Å². The average Bonchev–Trinajstić information content (AvgIpc) is 3.10. The van der Waals surface area contributed by atoms with Gasteiger partial charge in [0, 0.05) is 12.6 Å². The molecular weight excluding hydrogens is 202 g/mol. The minimum absolute atomic E-state index is 0.0950. The summed E-state index contributed by atoms with van der Waals surface area (Å²) in [6.45, 7) is 5.24. The van der Waals surface area contributed by atoms with E-state index in [4.69, 9.17) is 5.73 Å². The molecule has 1 heterocycles. The lowest BCUT2D eigenvalue weighted by molar-refractivity contribution is -0.123. The van der Waals surface area contributed by atoms with Crippen LogP contribution in [0.15, 0.2) is 0 Å². The molecule has 4 heteroatoms. The van der Waals surface area contributed by atoms with Crippen LogP contribution in [0.3, 0.4) is 0 Å². The summed E-state index contributed by atoms with van der Waals surface area (Å²) in [5.41, 5.74) is 5.41. The van der Waals surface area contributed by atoms with Crippen molar-refractivity contribution in [3.05, 3.63) is 0 Å². The second-order valence-corrected chi connectivity index (χ2v) is 5.20. The standard InChI is InChI=1S/C12H23N3O/c1-9(12(13)16)15(11-2-3-11)8-10-4-6-14-7-5-10/h9-11,14H,2-8H2,1H3,(H2,13,16). The van der Waals surface area contributed by atoms with E-state index >= 15 is 0 Å². The fraction of sp³-hybridized carbons (Fsp3) is 0.917. The summed E-state index contributed by atoms with van der Waals surface area (Å²) in [5.74, 6) is 0.560. The highest BCUT2D eigenvalue weighted by Gasteiger charge is 2.35. The molecule has 1 aliphatic carbocycles. The molecule has 2 fully saturated rings. The molecule has 16 heavy (non-hydrogen) atoms. The minimum atomic E-state index is -0.180. The summed E-state index contributed by atoms with van der Waals surface area (Å²) >= 11 is 0. The molecule has 1 amide bonds. The predicted octanol–water partition coefficient (Wildman–Crippen LogP) is 0.324. The first-order chi connectivity index (χ1) is 7.68. The molecule has 4 nitrogen and oxygen atoms in total. The van der Waals surface area contributed by atoms with Crippen molar-refractivity contribution >= 4 is 5.91 Å². The van der Waals surface area contributed by atoms with Crippen LogP contribution < -0.4 is 11.1 Å². The number of piperidine rings is 1. The minimum Gasteiger partial charge on any atom is -0.368 e. The number of nitrogens with one attached hydrogen (secondary N) is 1. The Morgan fingerprint density at radius 2 is 2.00 bits per heavy atom. The smallest absolute Gasteiger partial charge is 0.234 e. The number of hydrogen-bond donors (Lipinski definition) is 2. The molecule has 0 aromatic carbocycles. The van der Waals surface area contributed by atoms with Gasteiger partial charge in [-0.15, -0.1) is 0 Å². The van der Waals surface area contributed by atoms with Gasteiger partial charge in [-0.05, 0) is 51.6 Å². The van der Waals surface area contributed by atoms with Crippen LogP contribution in [0.2, 0.25) is 0 Å². The number of hydrogen-bond acceptors (Lipinski definition) is 3. The van der Waals surface area contributed by atoms with Crippen LogP contribution in [0.4, 0.5) is 0 Å². The quantitative estimate of drug-likeness (QED) is 0.708. The van der Waals surface area contributed by atoms with E-state index in [1.165, 1.54) is 25.7 Å². The molecular formula is C12H23N3O. The van der Waals surface area contributed by atoms with Crippen LogP contribution >= 0.6 is 0 Å². The van der Waals surface area contributed by atoms with E-state index in [0.29, 0.717) is 6.04 Å². The van der Waals surface area contributed by atoms with Crippen molar-refractivity contribution in [2.24, 2.45) is 11.7 Å². The lowest BCUT2D eigenvalue weighted by Crippen LogP contribution is -2.47. The van der Waals surface area contributed by atoms with Gasteiger partial charge in [-0.3, -0.25) is 9.69 Å². The molecule has 1 unspecified atom stereocenters. The molecule has 0 aromatic rings. The van der Waals surface area contributed by atoms with E-state index in [9.17, 15) is 4.79 Å². The first kappa shape index (κ1) is 11.9. The van der Waals surface area contributed by atoms with Crippen LogP contribution in [0.5, 0.6) is 0 Å². The Bertz CT molecular complexity index is 247. The number of carbonyl (C=O) groups is 1. The van der Waals surface area contributed by atoms with Crippen molar-refractivity contribution in [3.63, 3.8) is 0 Å². The monoisotopic (exact) mass is 225 g/mol. The van der Waals surface area contributed by atoms with E-state index in [2.05, 4.69) is 10.2 Å². The molecule has 92 valence electrons. The maximum absolute atomic E-state index is 11.3. The number of primary amides is 1. The van der Waals surface area contributed by atoms with E-state index in [1.807, 2.05) is 6.92 Å². The van der Waals surface area contributed by atoms with E-state index in [1.54, 1.807) is 0 Å². The van der Waals surface area contributed by atoms with Crippen molar-refractivity contribution in [3.8, 4) is 0 Å². The number of rotatable bonds is 5. The van der Waals surface area contributed by atoms with E-state index in [-0.39, 0.29) is 11.9 Å². The van der Waals surface area contributed by atoms with Crippen LogP contribution in [-0.4, -0.2) is 42.5 Å². The third kappa shape index (κ3) is 2.95. The fourth-order valence-corrected chi connectivity index (χ4v) is 2.56. The highest BCUT2D eigenvalue weighted by molar-refractivity contribution is 5.79. The lowest BCUT2D eigenvalue weighted by Gasteiger charge is -2.32. The number of nitrogens with two attached hydrogens (primary N) is 1.